The van der Waals surface area contributed by atoms with E-state index >= 15 is 0 Å². The van der Waals surface area contributed by atoms with Gasteiger partial charge < -0.3 is 5.73 Å². The zero-order chi connectivity index (χ0) is 9.86. The van der Waals surface area contributed by atoms with Crippen molar-refractivity contribution in [2.24, 2.45) is 5.73 Å². The molecule has 0 bridgehead atoms. The van der Waals surface area contributed by atoms with E-state index in [1.54, 1.807) is 0 Å². The van der Waals surface area contributed by atoms with Crippen LogP contribution in [0.4, 0.5) is 0 Å². The SMILES string of the molecule is NCC1(Cc2cccnc2)CCCS1. The lowest BCUT2D eigenvalue weighted by Gasteiger charge is -2.26. The molecule has 1 unspecified atom stereocenters. The molecule has 0 aromatic carbocycles. The topological polar surface area (TPSA) is 38.9 Å². The van der Waals surface area contributed by atoms with Gasteiger partial charge in [0.25, 0.3) is 0 Å². The number of hydrogen-bond acceptors (Lipinski definition) is 3. The van der Waals surface area contributed by atoms with E-state index in [4.69, 9.17) is 5.73 Å². The quantitative estimate of drug-likeness (QED) is 0.824. The molecule has 1 saturated heterocycles. The summed E-state index contributed by atoms with van der Waals surface area (Å²) in [6.07, 6.45) is 7.41. The third-order valence-corrected chi connectivity index (χ3v) is 4.43. The molecule has 3 heteroatoms. The molecule has 1 aromatic heterocycles. The first-order valence-electron chi connectivity index (χ1n) is 5.08. The van der Waals surface area contributed by atoms with Crippen LogP contribution in [-0.4, -0.2) is 22.0 Å². The predicted molar refractivity (Wildman–Crippen MR) is 61.4 cm³/mol. The van der Waals surface area contributed by atoms with Crippen molar-refractivity contribution in [2.75, 3.05) is 12.3 Å². The van der Waals surface area contributed by atoms with Crippen LogP contribution in [0, 0.1) is 0 Å². The average molecular weight is 208 g/mol. The van der Waals surface area contributed by atoms with Gasteiger partial charge in [-0.15, -0.1) is 0 Å². The van der Waals surface area contributed by atoms with E-state index in [0.717, 1.165) is 13.0 Å². The third-order valence-electron chi connectivity index (χ3n) is 2.81. The molecule has 2 N–H and O–H groups in total. The first-order valence-corrected chi connectivity index (χ1v) is 6.06. The number of aromatic nitrogens is 1. The van der Waals surface area contributed by atoms with Crippen LogP contribution in [0.2, 0.25) is 0 Å². The Kier molecular flexibility index (Phi) is 3.08. The van der Waals surface area contributed by atoms with Gasteiger partial charge in [0, 0.05) is 23.7 Å². The lowest BCUT2D eigenvalue weighted by atomic mass is 9.95. The molecule has 2 rings (SSSR count). The summed E-state index contributed by atoms with van der Waals surface area (Å²) in [5.74, 6) is 1.26. The Hall–Kier alpha value is -0.540. The van der Waals surface area contributed by atoms with Crippen LogP contribution >= 0.6 is 11.8 Å². The highest BCUT2D eigenvalue weighted by Crippen LogP contribution is 2.39. The second-order valence-corrected chi connectivity index (χ2v) is 5.44. The van der Waals surface area contributed by atoms with Gasteiger partial charge in [0.15, 0.2) is 0 Å². The van der Waals surface area contributed by atoms with E-state index < -0.39 is 0 Å². The van der Waals surface area contributed by atoms with Gasteiger partial charge in [0.05, 0.1) is 0 Å². The maximum Gasteiger partial charge on any atom is 0.0323 e. The standard InChI is InChI=1S/C11H16N2S/c12-9-11(4-2-6-14-11)7-10-3-1-5-13-8-10/h1,3,5,8H,2,4,6-7,9,12H2. The number of pyridine rings is 1. The molecule has 0 spiro atoms. The summed E-state index contributed by atoms with van der Waals surface area (Å²) >= 11 is 2.03. The van der Waals surface area contributed by atoms with Crippen LogP contribution in [0.15, 0.2) is 24.5 Å². The minimum atomic E-state index is 0.295. The van der Waals surface area contributed by atoms with Crippen LogP contribution in [-0.2, 0) is 6.42 Å². The van der Waals surface area contributed by atoms with Gasteiger partial charge in [-0.25, -0.2) is 0 Å². The van der Waals surface area contributed by atoms with E-state index in [2.05, 4.69) is 11.1 Å². The van der Waals surface area contributed by atoms with Gasteiger partial charge in [-0.3, -0.25) is 4.98 Å². The summed E-state index contributed by atoms with van der Waals surface area (Å²) in [6.45, 7) is 0.784. The largest absolute Gasteiger partial charge is 0.329 e. The Labute approximate surface area is 89.3 Å². The van der Waals surface area contributed by atoms with Crippen LogP contribution in [0.1, 0.15) is 18.4 Å². The molecule has 0 aliphatic carbocycles. The molecule has 0 radical (unpaired) electrons. The summed E-state index contributed by atoms with van der Waals surface area (Å²) in [5, 5.41) is 0. The maximum atomic E-state index is 5.88. The number of nitrogens with two attached hydrogens (primary N) is 1. The van der Waals surface area contributed by atoms with Crippen molar-refractivity contribution in [3.63, 3.8) is 0 Å². The first kappa shape index (κ1) is 9.99. The highest BCUT2D eigenvalue weighted by molar-refractivity contribution is 8.00. The van der Waals surface area contributed by atoms with Gasteiger partial charge >= 0.3 is 0 Å². The summed E-state index contributed by atoms with van der Waals surface area (Å²) in [4.78, 5) is 4.14. The van der Waals surface area contributed by atoms with Crippen molar-refractivity contribution in [1.82, 2.24) is 4.98 Å². The van der Waals surface area contributed by atoms with Crippen LogP contribution in [0.25, 0.3) is 0 Å². The normalized spacial score (nSPS) is 26.6. The van der Waals surface area contributed by atoms with Gasteiger partial charge in [0.2, 0.25) is 0 Å². The highest BCUT2D eigenvalue weighted by atomic mass is 32.2. The second-order valence-electron chi connectivity index (χ2n) is 3.88. The summed E-state index contributed by atoms with van der Waals surface area (Å²) in [6, 6.07) is 4.14. The Bertz CT molecular complexity index is 281. The van der Waals surface area contributed by atoms with Gasteiger partial charge in [-0.2, -0.15) is 11.8 Å². The van der Waals surface area contributed by atoms with Gasteiger partial charge in [-0.1, -0.05) is 6.07 Å². The fourth-order valence-corrected chi connectivity index (χ4v) is 3.40. The molecule has 1 fully saturated rings. The summed E-state index contributed by atoms with van der Waals surface area (Å²) in [7, 11) is 0. The molecule has 1 atom stereocenters. The molecule has 76 valence electrons. The number of nitrogens with zero attached hydrogens (tertiary/aromatic N) is 1. The summed E-state index contributed by atoms with van der Waals surface area (Å²) < 4.78 is 0.295. The van der Waals surface area contributed by atoms with Crippen molar-refractivity contribution >= 4 is 11.8 Å². The Balaban J connectivity index is 2.08. The van der Waals surface area contributed by atoms with Crippen molar-refractivity contribution in [3.8, 4) is 0 Å². The molecule has 1 aliphatic rings. The number of rotatable bonds is 3. The van der Waals surface area contributed by atoms with Gasteiger partial charge in [0.1, 0.15) is 0 Å². The minimum absolute atomic E-state index is 0.295. The van der Waals surface area contributed by atoms with Gasteiger partial charge in [-0.05, 0) is 36.6 Å². The molecule has 1 aromatic rings. The monoisotopic (exact) mass is 208 g/mol. The molecular weight excluding hydrogens is 192 g/mol. The van der Waals surface area contributed by atoms with Crippen LogP contribution in [0.5, 0.6) is 0 Å². The van der Waals surface area contributed by atoms with E-state index in [-0.39, 0.29) is 0 Å². The first-order chi connectivity index (χ1) is 6.85. The fourth-order valence-electron chi connectivity index (χ4n) is 2.00. The Morgan fingerprint density at radius 2 is 2.50 bits per heavy atom. The molecule has 1 aliphatic heterocycles. The lowest BCUT2D eigenvalue weighted by Crippen LogP contribution is -2.34. The average Bonchev–Trinajstić information content (AvgIpc) is 2.69. The lowest BCUT2D eigenvalue weighted by molar-refractivity contribution is 0.564. The smallest absolute Gasteiger partial charge is 0.0323 e. The summed E-state index contributed by atoms with van der Waals surface area (Å²) in [5.41, 5.74) is 7.19. The van der Waals surface area contributed by atoms with E-state index in [1.165, 1.54) is 24.2 Å². The molecular formula is C11H16N2S. The fraction of sp³-hybridized carbons (Fsp3) is 0.545. The zero-order valence-corrected chi connectivity index (χ0v) is 9.09. The van der Waals surface area contributed by atoms with Crippen molar-refractivity contribution in [1.29, 1.82) is 0 Å². The second kappa shape index (κ2) is 4.32. The Morgan fingerprint density at radius 1 is 1.57 bits per heavy atom. The molecule has 2 nitrogen and oxygen atoms in total. The van der Waals surface area contributed by atoms with Crippen LogP contribution < -0.4 is 5.73 Å². The van der Waals surface area contributed by atoms with Crippen LogP contribution in [0.3, 0.4) is 0 Å². The van der Waals surface area contributed by atoms with E-state index in [9.17, 15) is 0 Å². The Morgan fingerprint density at radius 3 is 3.07 bits per heavy atom. The number of thioether (sulfide) groups is 1. The van der Waals surface area contributed by atoms with Crippen molar-refractivity contribution < 1.29 is 0 Å². The maximum absolute atomic E-state index is 5.88. The van der Waals surface area contributed by atoms with E-state index in [0.29, 0.717) is 4.75 Å². The van der Waals surface area contributed by atoms with Crippen molar-refractivity contribution in [2.45, 2.75) is 24.0 Å². The molecule has 14 heavy (non-hydrogen) atoms. The minimum Gasteiger partial charge on any atom is -0.329 e. The zero-order valence-electron chi connectivity index (χ0n) is 8.28. The molecule has 2 heterocycles. The molecule has 0 saturated carbocycles. The van der Waals surface area contributed by atoms with Crippen molar-refractivity contribution in [3.05, 3.63) is 30.1 Å². The number of hydrogen-bond donors (Lipinski definition) is 1. The molecule has 0 amide bonds. The van der Waals surface area contributed by atoms with E-state index in [1.807, 2.05) is 30.2 Å². The predicted octanol–water partition coefficient (Wildman–Crippen LogP) is 1.85. The third kappa shape index (κ3) is 2.10. The highest BCUT2D eigenvalue weighted by Gasteiger charge is 2.33.